The van der Waals surface area contributed by atoms with Crippen LogP contribution < -0.4 is 5.32 Å². The summed E-state index contributed by atoms with van der Waals surface area (Å²) in [7, 11) is -4.47. The fourth-order valence-electron chi connectivity index (χ4n) is 1.97. The molecule has 0 bridgehead atoms. The van der Waals surface area contributed by atoms with Gasteiger partial charge in [-0.3, -0.25) is 0 Å². The van der Waals surface area contributed by atoms with Gasteiger partial charge in [0.05, 0.1) is 11.4 Å². The maximum absolute atomic E-state index is 13.3. The van der Waals surface area contributed by atoms with E-state index in [1.165, 1.54) is 6.07 Å². The highest BCUT2D eigenvalue weighted by atomic mass is 32.3. The molecule has 1 heterocycles. The molecule has 0 radical (unpaired) electrons. The maximum Gasteiger partial charge on any atom is 0.302 e. The van der Waals surface area contributed by atoms with Gasteiger partial charge in [0.15, 0.2) is 0 Å². The van der Waals surface area contributed by atoms with Gasteiger partial charge in [-0.2, -0.15) is 8.42 Å². The van der Waals surface area contributed by atoms with Crippen LogP contribution in [0.3, 0.4) is 0 Å². The van der Waals surface area contributed by atoms with Gasteiger partial charge in [0.2, 0.25) is 0 Å². The number of para-hydroxylation sites is 1. The van der Waals surface area contributed by atoms with Gasteiger partial charge in [0.1, 0.15) is 5.82 Å². The lowest BCUT2D eigenvalue weighted by Gasteiger charge is -2.25. The number of hydrogen-bond acceptors (Lipinski definition) is 3. The third-order valence-electron chi connectivity index (χ3n) is 2.61. The molecule has 3 nitrogen and oxygen atoms in total. The van der Waals surface area contributed by atoms with Gasteiger partial charge in [-0.1, -0.05) is 12.1 Å². The van der Waals surface area contributed by atoms with E-state index in [0.29, 0.717) is 17.7 Å². The van der Waals surface area contributed by atoms with E-state index < -0.39 is 16.0 Å². The molecule has 88 valence electrons. The first-order valence-corrected chi connectivity index (χ1v) is 6.44. The van der Waals surface area contributed by atoms with Crippen molar-refractivity contribution in [2.75, 3.05) is 17.6 Å². The van der Waals surface area contributed by atoms with Crippen LogP contribution in [0.2, 0.25) is 0 Å². The lowest BCUT2D eigenvalue weighted by atomic mass is 9.95. The van der Waals surface area contributed by atoms with Crippen LogP contribution in [0.4, 0.5) is 14.0 Å². The molecule has 16 heavy (non-hydrogen) atoms. The molecule has 1 unspecified atom stereocenters. The second-order valence-electron chi connectivity index (χ2n) is 3.93. The molecule has 0 saturated heterocycles. The predicted molar refractivity (Wildman–Crippen MR) is 57.0 cm³/mol. The van der Waals surface area contributed by atoms with E-state index in [0.717, 1.165) is 0 Å². The molecule has 0 saturated carbocycles. The van der Waals surface area contributed by atoms with Gasteiger partial charge in [-0.05, 0) is 24.0 Å². The van der Waals surface area contributed by atoms with Crippen molar-refractivity contribution in [3.05, 3.63) is 29.6 Å². The largest absolute Gasteiger partial charge is 0.382 e. The van der Waals surface area contributed by atoms with E-state index in [4.69, 9.17) is 0 Å². The Morgan fingerprint density at radius 1 is 1.44 bits per heavy atom. The number of benzene rings is 1. The highest BCUT2D eigenvalue weighted by Gasteiger charge is 2.24. The minimum Gasteiger partial charge on any atom is -0.382 e. The number of fused-ring (bicyclic) bond motifs is 1. The molecule has 6 heteroatoms. The van der Waals surface area contributed by atoms with Gasteiger partial charge >= 0.3 is 10.2 Å². The Balaban J connectivity index is 2.19. The van der Waals surface area contributed by atoms with Crippen LogP contribution in [0.25, 0.3) is 0 Å². The van der Waals surface area contributed by atoms with Crippen molar-refractivity contribution in [3.8, 4) is 0 Å². The summed E-state index contributed by atoms with van der Waals surface area (Å²) < 4.78 is 46.8. The summed E-state index contributed by atoms with van der Waals surface area (Å²) >= 11 is 0. The molecule has 0 fully saturated rings. The highest BCUT2D eigenvalue weighted by molar-refractivity contribution is 7.86. The van der Waals surface area contributed by atoms with Gasteiger partial charge in [-0.25, -0.2) is 4.39 Å². The van der Waals surface area contributed by atoms with Crippen LogP contribution >= 0.6 is 0 Å². The molecule has 1 N–H and O–H groups in total. The fraction of sp³-hybridized carbons (Fsp3) is 0.400. The Kier molecular flexibility index (Phi) is 2.84. The van der Waals surface area contributed by atoms with Gasteiger partial charge in [-0.15, -0.1) is 3.89 Å². The fourth-order valence-corrected chi connectivity index (χ4v) is 2.76. The van der Waals surface area contributed by atoms with Crippen molar-refractivity contribution in [2.45, 2.75) is 6.42 Å². The minimum atomic E-state index is -4.47. The molecule has 1 aromatic carbocycles. The Morgan fingerprint density at radius 2 is 2.19 bits per heavy atom. The second kappa shape index (κ2) is 4.01. The normalized spacial score (nSPS) is 20.0. The molecule has 0 amide bonds. The summed E-state index contributed by atoms with van der Waals surface area (Å²) in [5.41, 5.74) is 1.09. The topological polar surface area (TPSA) is 46.2 Å². The van der Waals surface area contributed by atoms with Crippen molar-refractivity contribution >= 4 is 15.9 Å². The van der Waals surface area contributed by atoms with E-state index in [-0.39, 0.29) is 18.3 Å². The lowest BCUT2D eigenvalue weighted by molar-refractivity contribution is 0.517. The Morgan fingerprint density at radius 3 is 2.88 bits per heavy atom. The Bertz CT molecular complexity index is 502. The van der Waals surface area contributed by atoms with Gasteiger partial charge < -0.3 is 5.32 Å². The average molecular weight is 247 g/mol. The van der Waals surface area contributed by atoms with Crippen molar-refractivity contribution in [3.63, 3.8) is 0 Å². The van der Waals surface area contributed by atoms with Crippen LogP contribution in [0.1, 0.15) is 5.56 Å². The van der Waals surface area contributed by atoms with Gasteiger partial charge in [0.25, 0.3) is 0 Å². The number of rotatable bonds is 2. The Hall–Kier alpha value is -1.17. The van der Waals surface area contributed by atoms with Crippen LogP contribution in [0.5, 0.6) is 0 Å². The first-order valence-electron chi connectivity index (χ1n) is 4.89. The predicted octanol–water partition coefficient (Wildman–Crippen LogP) is 1.71. The first-order chi connectivity index (χ1) is 7.46. The third kappa shape index (κ3) is 2.49. The molecule has 1 aliphatic rings. The summed E-state index contributed by atoms with van der Waals surface area (Å²) in [6.45, 7) is 0.275. The molecule has 1 aromatic rings. The van der Waals surface area contributed by atoms with Crippen LogP contribution in [0, 0.1) is 11.7 Å². The highest BCUT2D eigenvalue weighted by Crippen LogP contribution is 2.27. The van der Waals surface area contributed by atoms with Crippen molar-refractivity contribution < 1.29 is 16.7 Å². The third-order valence-corrected chi connectivity index (χ3v) is 3.48. The zero-order valence-electron chi connectivity index (χ0n) is 8.41. The summed E-state index contributed by atoms with van der Waals surface area (Å²) in [4.78, 5) is 0. The monoisotopic (exact) mass is 247 g/mol. The number of hydrogen-bond donors (Lipinski definition) is 1. The zero-order valence-corrected chi connectivity index (χ0v) is 9.23. The number of nitrogens with one attached hydrogen (secondary N) is 1. The standard InChI is InChI=1S/C10H11F2NO2S/c11-9-3-1-2-8-4-7(5-13-10(8)9)6-16(12,14)15/h1-3,7,13H,4-6H2. The maximum atomic E-state index is 13.3. The molecule has 1 aliphatic heterocycles. The van der Waals surface area contributed by atoms with E-state index in [1.807, 2.05) is 0 Å². The smallest absolute Gasteiger partial charge is 0.302 e. The van der Waals surface area contributed by atoms with Crippen LogP contribution in [-0.4, -0.2) is 20.7 Å². The molecule has 0 aromatic heterocycles. The van der Waals surface area contributed by atoms with Crippen molar-refractivity contribution in [1.29, 1.82) is 0 Å². The zero-order chi connectivity index (χ0) is 11.8. The molecule has 2 rings (SSSR count). The SMILES string of the molecule is O=S(=O)(F)CC1CNc2c(F)cccc2C1. The summed E-state index contributed by atoms with van der Waals surface area (Å²) in [5.74, 6) is -1.22. The molecular weight excluding hydrogens is 236 g/mol. The van der Waals surface area contributed by atoms with E-state index in [9.17, 15) is 16.7 Å². The molecule has 0 spiro atoms. The summed E-state index contributed by atoms with van der Waals surface area (Å²) in [6.07, 6.45) is 0.378. The second-order valence-corrected chi connectivity index (χ2v) is 5.34. The van der Waals surface area contributed by atoms with Crippen LogP contribution in [-0.2, 0) is 16.6 Å². The van der Waals surface area contributed by atoms with E-state index in [1.54, 1.807) is 12.1 Å². The summed E-state index contributed by atoms with van der Waals surface area (Å²) in [5, 5.41) is 2.80. The molecule has 0 aliphatic carbocycles. The number of halogens is 2. The quantitative estimate of drug-likeness (QED) is 0.809. The summed E-state index contributed by atoms with van der Waals surface area (Å²) in [6, 6.07) is 4.60. The minimum absolute atomic E-state index is 0.275. The average Bonchev–Trinajstić information content (AvgIpc) is 2.15. The molecular formula is C10H11F2NO2S. The lowest BCUT2D eigenvalue weighted by Crippen LogP contribution is -2.28. The van der Waals surface area contributed by atoms with Crippen LogP contribution in [0.15, 0.2) is 18.2 Å². The van der Waals surface area contributed by atoms with Crippen molar-refractivity contribution in [1.82, 2.24) is 0 Å². The Labute approximate surface area is 92.7 Å². The van der Waals surface area contributed by atoms with Crippen molar-refractivity contribution in [2.24, 2.45) is 5.92 Å². The first kappa shape index (κ1) is 11.3. The van der Waals surface area contributed by atoms with E-state index >= 15 is 0 Å². The number of anilines is 1. The van der Waals surface area contributed by atoms with Gasteiger partial charge in [0, 0.05) is 6.54 Å². The van der Waals surface area contributed by atoms with E-state index in [2.05, 4.69) is 5.32 Å². The molecule has 1 atom stereocenters.